The van der Waals surface area contributed by atoms with Crippen molar-refractivity contribution in [3.63, 3.8) is 0 Å². The lowest BCUT2D eigenvalue weighted by molar-refractivity contribution is -0.111. The molecule has 1 fully saturated rings. The molecule has 4 rings (SSSR count). The van der Waals surface area contributed by atoms with E-state index in [9.17, 15) is 9.18 Å². The van der Waals surface area contributed by atoms with Crippen molar-refractivity contribution in [2.75, 3.05) is 35.6 Å². The number of carbonyl (C=O) groups is 1. The fourth-order valence-electron chi connectivity index (χ4n) is 3.64. The van der Waals surface area contributed by atoms with Crippen LogP contribution in [-0.2, 0) is 4.79 Å². The third kappa shape index (κ3) is 6.60. The van der Waals surface area contributed by atoms with E-state index in [2.05, 4.69) is 30.8 Å². The van der Waals surface area contributed by atoms with Gasteiger partial charge in [0.1, 0.15) is 23.8 Å². The van der Waals surface area contributed by atoms with Crippen LogP contribution in [-0.4, -0.2) is 40.4 Å². The molecule has 8 heteroatoms. The number of likely N-dealkylation sites (tertiary alicyclic amines) is 1. The molecule has 0 aliphatic carbocycles. The largest absolute Gasteiger partial charge is 0.340 e. The van der Waals surface area contributed by atoms with Gasteiger partial charge in [0.2, 0.25) is 5.91 Å². The number of aromatic nitrogens is 2. The molecule has 0 atom stereocenters. The van der Waals surface area contributed by atoms with Gasteiger partial charge in [-0.1, -0.05) is 12.1 Å². The Hall–Kier alpha value is -3.78. The average molecular weight is 447 g/mol. The molecule has 1 amide bonds. The third-order valence-corrected chi connectivity index (χ3v) is 5.33. The summed E-state index contributed by atoms with van der Waals surface area (Å²) < 4.78 is 13.5. The molecule has 1 aliphatic rings. The van der Waals surface area contributed by atoms with E-state index in [-0.39, 0.29) is 11.7 Å². The van der Waals surface area contributed by atoms with Crippen molar-refractivity contribution in [2.24, 2.45) is 0 Å². The molecule has 2 aromatic carbocycles. The Labute approximate surface area is 192 Å². The molecular weight excluding hydrogens is 419 g/mol. The van der Waals surface area contributed by atoms with Crippen molar-refractivity contribution in [1.82, 2.24) is 14.9 Å². The Morgan fingerprint density at radius 2 is 1.70 bits per heavy atom. The summed E-state index contributed by atoms with van der Waals surface area (Å²) in [6.45, 7) is 4.71. The SMILES string of the molecule is Cc1cc(Nc2cc(Nc3cccc(NC(=O)/C=C/CN4CCCC4)c3)ncn2)ccc1F. The van der Waals surface area contributed by atoms with Crippen LogP contribution in [0.15, 0.2) is 67.0 Å². The van der Waals surface area contributed by atoms with Crippen LogP contribution in [0.3, 0.4) is 0 Å². The van der Waals surface area contributed by atoms with Crippen molar-refractivity contribution >= 4 is 34.6 Å². The quantitative estimate of drug-likeness (QED) is 0.423. The van der Waals surface area contributed by atoms with E-state index < -0.39 is 0 Å². The molecule has 7 nitrogen and oxygen atoms in total. The minimum absolute atomic E-state index is 0.158. The molecule has 1 aromatic heterocycles. The normalized spacial score (nSPS) is 13.9. The number of anilines is 5. The minimum atomic E-state index is -0.250. The highest BCUT2D eigenvalue weighted by Gasteiger charge is 2.09. The monoisotopic (exact) mass is 446 g/mol. The summed E-state index contributed by atoms with van der Waals surface area (Å²) in [5, 5.41) is 9.25. The van der Waals surface area contributed by atoms with E-state index >= 15 is 0 Å². The molecule has 1 saturated heterocycles. The number of benzene rings is 2. The summed E-state index contributed by atoms with van der Waals surface area (Å²) in [5.41, 5.74) is 2.75. The molecule has 3 N–H and O–H groups in total. The van der Waals surface area contributed by atoms with E-state index in [0.717, 1.165) is 31.0 Å². The van der Waals surface area contributed by atoms with Gasteiger partial charge in [-0.15, -0.1) is 0 Å². The van der Waals surface area contributed by atoms with E-state index in [1.807, 2.05) is 30.3 Å². The van der Waals surface area contributed by atoms with E-state index in [1.54, 1.807) is 31.2 Å². The van der Waals surface area contributed by atoms with Crippen LogP contribution in [0.2, 0.25) is 0 Å². The Morgan fingerprint density at radius 3 is 2.42 bits per heavy atom. The molecular formula is C25H27FN6O. The second kappa shape index (κ2) is 10.7. The molecule has 0 saturated carbocycles. The van der Waals surface area contributed by atoms with Crippen LogP contribution in [0, 0.1) is 12.7 Å². The number of hydrogen-bond acceptors (Lipinski definition) is 6. The fourth-order valence-corrected chi connectivity index (χ4v) is 3.64. The fraction of sp³-hybridized carbons (Fsp3) is 0.240. The highest BCUT2D eigenvalue weighted by Crippen LogP contribution is 2.22. The Kier molecular flexibility index (Phi) is 7.26. The maximum Gasteiger partial charge on any atom is 0.248 e. The second-order valence-electron chi connectivity index (χ2n) is 7.98. The summed E-state index contributed by atoms with van der Waals surface area (Å²) in [5.74, 6) is 0.750. The van der Waals surface area contributed by atoms with Gasteiger partial charge in [0, 0.05) is 35.7 Å². The van der Waals surface area contributed by atoms with Crippen molar-refractivity contribution in [1.29, 1.82) is 0 Å². The lowest BCUT2D eigenvalue weighted by atomic mass is 10.2. The number of nitrogens with one attached hydrogen (secondary N) is 3. The molecule has 0 unspecified atom stereocenters. The minimum Gasteiger partial charge on any atom is -0.340 e. The molecule has 1 aliphatic heterocycles. The zero-order chi connectivity index (χ0) is 23.0. The molecule has 33 heavy (non-hydrogen) atoms. The Bertz CT molecular complexity index is 1140. The smallest absolute Gasteiger partial charge is 0.248 e. The van der Waals surface area contributed by atoms with Crippen molar-refractivity contribution < 1.29 is 9.18 Å². The summed E-state index contributed by atoms with van der Waals surface area (Å²) in [4.78, 5) is 23.0. The highest BCUT2D eigenvalue weighted by atomic mass is 19.1. The summed E-state index contributed by atoms with van der Waals surface area (Å²) in [6.07, 6.45) is 7.39. The topological polar surface area (TPSA) is 82.2 Å². The predicted molar refractivity (Wildman–Crippen MR) is 130 cm³/mol. The first kappa shape index (κ1) is 22.4. The van der Waals surface area contributed by atoms with Crippen LogP contribution in [0.25, 0.3) is 0 Å². The number of aryl methyl sites for hydroxylation is 1. The number of nitrogens with zero attached hydrogens (tertiary/aromatic N) is 3. The first-order valence-electron chi connectivity index (χ1n) is 11.0. The molecule has 170 valence electrons. The number of halogens is 1. The molecule has 0 bridgehead atoms. The van der Waals surface area contributed by atoms with Crippen molar-refractivity contribution in [2.45, 2.75) is 19.8 Å². The summed E-state index contributed by atoms with van der Waals surface area (Å²) in [7, 11) is 0. The Morgan fingerprint density at radius 1 is 1.00 bits per heavy atom. The number of carbonyl (C=O) groups excluding carboxylic acids is 1. The van der Waals surface area contributed by atoms with Crippen molar-refractivity contribution in [3.05, 3.63) is 78.4 Å². The highest BCUT2D eigenvalue weighted by molar-refractivity contribution is 5.99. The van der Waals surface area contributed by atoms with Gasteiger partial charge in [-0.3, -0.25) is 9.69 Å². The average Bonchev–Trinajstić information content (AvgIpc) is 3.30. The first-order chi connectivity index (χ1) is 16.0. The number of rotatable bonds is 8. The first-order valence-corrected chi connectivity index (χ1v) is 11.0. The molecule has 2 heterocycles. The summed E-state index contributed by atoms with van der Waals surface area (Å²) >= 11 is 0. The summed E-state index contributed by atoms with van der Waals surface area (Å²) in [6, 6.07) is 14.0. The van der Waals surface area contributed by atoms with Crippen LogP contribution in [0.1, 0.15) is 18.4 Å². The maximum atomic E-state index is 13.5. The van der Waals surface area contributed by atoms with E-state index in [4.69, 9.17) is 0 Å². The van der Waals surface area contributed by atoms with Gasteiger partial charge >= 0.3 is 0 Å². The molecule has 3 aromatic rings. The standard InChI is InChI=1S/C25H27FN6O/c1-18-14-21(9-10-22(18)26)30-24-16-23(27-17-28-24)29-19-6-4-7-20(15-19)31-25(33)8-5-13-32-11-2-3-12-32/h4-10,14-17H,2-3,11-13H2,1H3,(H,31,33)(H2,27,28,29,30)/b8-5+. The van der Waals surface area contributed by atoms with E-state index in [1.165, 1.54) is 25.2 Å². The van der Waals surface area contributed by atoms with Gasteiger partial charge in [-0.05, 0) is 74.8 Å². The third-order valence-electron chi connectivity index (χ3n) is 5.33. The van der Waals surface area contributed by atoms with Crippen LogP contribution >= 0.6 is 0 Å². The molecule has 0 spiro atoms. The lowest BCUT2D eigenvalue weighted by Crippen LogP contribution is -2.19. The van der Waals surface area contributed by atoms with Gasteiger partial charge in [0.25, 0.3) is 0 Å². The van der Waals surface area contributed by atoms with Gasteiger partial charge in [-0.2, -0.15) is 0 Å². The van der Waals surface area contributed by atoms with Gasteiger partial charge in [-0.25, -0.2) is 14.4 Å². The molecule has 0 radical (unpaired) electrons. The zero-order valence-electron chi connectivity index (χ0n) is 18.5. The number of amides is 1. The van der Waals surface area contributed by atoms with Crippen LogP contribution < -0.4 is 16.0 Å². The van der Waals surface area contributed by atoms with Gasteiger partial charge < -0.3 is 16.0 Å². The van der Waals surface area contributed by atoms with Crippen LogP contribution in [0.5, 0.6) is 0 Å². The van der Waals surface area contributed by atoms with E-state index in [0.29, 0.717) is 22.9 Å². The van der Waals surface area contributed by atoms with Gasteiger partial charge in [0.05, 0.1) is 0 Å². The van der Waals surface area contributed by atoms with Gasteiger partial charge in [0.15, 0.2) is 0 Å². The zero-order valence-corrected chi connectivity index (χ0v) is 18.5. The van der Waals surface area contributed by atoms with Crippen molar-refractivity contribution in [3.8, 4) is 0 Å². The predicted octanol–water partition coefficient (Wildman–Crippen LogP) is 5.00. The Balaban J connectivity index is 1.35. The lowest BCUT2D eigenvalue weighted by Gasteiger charge is -2.11. The maximum absolute atomic E-state index is 13.5. The second-order valence-corrected chi connectivity index (χ2v) is 7.98. The number of hydrogen-bond donors (Lipinski definition) is 3. The van der Waals surface area contributed by atoms with Crippen LogP contribution in [0.4, 0.5) is 33.1 Å².